The lowest BCUT2D eigenvalue weighted by atomic mass is 10.0. The van der Waals surface area contributed by atoms with Gasteiger partial charge in [-0.2, -0.15) is 9.97 Å². The summed E-state index contributed by atoms with van der Waals surface area (Å²) in [6.45, 7) is 11.0. The fourth-order valence-electron chi connectivity index (χ4n) is 6.25. The molecule has 304 valence electrons. The molecule has 0 aliphatic carbocycles. The molecule has 2 aromatic heterocycles. The van der Waals surface area contributed by atoms with Gasteiger partial charge >= 0.3 is 6.09 Å². The van der Waals surface area contributed by atoms with Crippen LogP contribution in [-0.2, 0) is 4.74 Å². The van der Waals surface area contributed by atoms with E-state index < -0.39 is 29.0 Å². The maximum Gasteiger partial charge on any atom is 0.410 e. The SMILES string of the molecule is C[C@@H]1C[C@H](Oc2cccc(NC(=O)c3c(F)cccc3Cl)n2)CCN1.C[C@@H]1C[C@H](Oc2cccc(NC(=O)c3c(F)cccc3Cl)n2)CCN1C(=O)OC(C)(C)C. The lowest BCUT2D eigenvalue weighted by molar-refractivity contribution is -0.00150. The van der Waals surface area contributed by atoms with Crippen LogP contribution in [0.15, 0.2) is 72.8 Å². The van der Waals surface area contributed by atoms with Crippen LogP contribution in [0.4, 0.5) is 25.2 Å². The van der Waals surface area contributed by atoms with Crippen molar-refractivity contribution in [1.29, 1.82) is 0 Å². The van der Waals surface area contributed by atoms with Gasteiger partial charge in [-0.3, -0.25) is 9.59 Å². The first-order chi connectivity index (χ1) is 27.1. The van der Waals surface area contributed by atoms with Gasteiger partial charge in [0.1, 0.15) is 41.1 Å². The van der Waals surface area contributed by atoms with E-state index in [-0.39, 0.29) is 57.2 Å². The van der Waals surface area contributed by atoms with Crippen molar-refractivity contribution in [3.05, 3.63) is 106 Å². The van der Waals surface area contributed by atoms with Crippen LogP contribution < -0.4 is 25.4 Å². The number of rotatable bonds is 8. The molecular weight excluding hydrogens is 781 g/mol. The molecule has 2 saturated heterocycles. The second kappa shape index (κ2) is 19.4. The number of ether oxygens (including phenoxy) is 3. The number of nitrogens with zero attached hydrogens (tertiary/aromatic N) is 3. The first-order valence-electron chi connectivity index (χ1n) is 18.6. The quantitative estimate of drug-likeness (QED) is 0.159. The van der Waals surface area contributed by atoms with Gasteiger partial charge in [0.15, 0.2) is 0 Å². The van der Waals surface area contributed by atoms with E-state index in [1.54, 1.807) is 41.3 Å². The molecule has 57 heavy (non-hydrogen) atoms. The van der Waals surface area contributed by atoms with Gasteiger partial charge in [-0.1, -0.05) is 47.5 Å². The standard InChI is InChI=1S/C23H27ClFN3O4.C18H19ClFN3O2/c1-14-13-15(11-12-28(14)22(30)32-23(2,3)4)31-19-10-6-9-18(26-19)27-21(29)20-16(24)7-5-8-17(20)25;1-11-10-12(8-9-21-11)25-16-7-3-6-15(22-16)23-18(24)17-13(19)4-2-5-14(17)20/h5-10,14-15H,11-13H2,1-4H3,(H,26,27,29);2-7,11-12,21H,8-10H2,1H3,(H,22,23,24)/t14-,15-;11-,12-/m11/s1. The number of carbonyl (C=O) groups is 3. The lowest BCUT2D eigenvalue weighted by Gasteiger charge is -2.38. The van der Waals surface area contributed by atoms with E-state index in [1.807, 2.05) is 27.7 Å². The number of anilines is 2. The molecule has 0 saturated carbocycles. The van der Waals surface area contributed by atoms with Crippen LogP contribution in [-0.4, -0.2) is 75.8 Å². The monoisotopic (exact) mass is 826 g/mol. The summed E-state index contributed by atoms with van der Waals surface area (Å²) in [6.07, 6.45) is 2.61. The molecule has 2 aliphatic rings. The van der Waals surface area contributed by atoms with Crippen molar-refractivity contribution in [3.8, 4) is 11.8 Å². The molecule has 2 aromatic carbocycles. The number of hydrogen-bond donors (Lipinski definition) is 3. The molecule has 3 N–H and O–H groups in total. The molecule has 6 rings (SSSR count). The summed E-state index contributed by atoms with van der Waals surface area (Å²) >= 11 is 11.9. The third-order valence-corrected chi connectivity index (χ3v) is 9.55. The maximum absolute atomic E-state index is 14.0. The highest BCUT2D eigenvalue weighted by atomic mass is 35.5. The van der Waals surface area contributed by atoms with Gasteiger partial charge in [-0.05, 0) is 90.4 Å². The summed E-state index contributed by atoms with van der Waals surface area (Å²) in [4.78, 5) is 47.4. The number of piperidine rings is 2. The van der Waals surface area contributed by atoms with Crippen LogP contribution in [0, 0.1) is 11.6 Å². The van der Waals surface area contributed by atoms with E-state index in [9.17, 15) is 23.2 Å². The van der Waals surface area contributed by atoms with E-state index in [2.05, 4.69) is 32.8 Å². The van der Waals surface area contributed by atoms with Gasteiger partial charge in [0.2, 0.25) is 11.8 Å². The molecule has 16 heteroatoms. The Morgan fingerprint density at radius 3 is 1.70 bits per heavy atom. The third kappa shape index (κ3) is 12.5. The molecule has 4 heterocycles. The Labute approximate surface area is 340 Å². The van der Waals surface area contributed by atoms with E-state index in [0.29, 0.717) is 37.2 Å². The molecule has 0 bridgehead atoms. The van der Waals surface area contributed by atoms with E-state index in [4.69, 9.17) is 37.4 Å². The fraction of sp³-hybridized carbons (Fsp3) is 0.390. The number of pyridine rings is 2. The minimum atomic E-state index is -0.715. The Morgan fingerprint density at radius 2 is 1.25 bits per heavy atom. The average Bonchev–Trinajstić information content (AvgIpc) is 3.11. The minimum absolute atomic E-state index is 0.0145. The van der Waals surface area contributed by atoms with Crippen LogP contribution >= 0.6 is 23.2 Å². The normalized spacial score (nSPS) is 19.4. The van der Waals surface area contributed by atoms with Crippen molar-refractivity contribution >= 4 is 52.7 Å². The summed E-state index contributed by atoms with van der Waals surface area (Å²) in [7, 11) is 0. The van der Waals surface area contributed by atoms with Gasteiger partial charge in [0, 0.05) is 43.6 Å². The van der Waals surface area contributed by atoms with Crippen molar-refractivity contribution < 1.29 is 37.4 Å². The van der Waals surface area contributed by atoms with E-state index in [0.717, 1.165) is 19.4 Å². The predicted octanol–water partition coefficient (Wildman–Crippen LogP) is 8.94. The topological polar surface area (TPSA) is 144 Å². The summed E-state index contributed by atoms with van der Waals surface area (Å²) in [6, 6.07) is 18.5. The second-order valence-corrected chi connectivity index (χ2v) is 15.5. The molecule has 12 nitrogen and oxygen atoms in total. The summed E-state index contributed by atoms with van der Waals surface area (Å²) in [5.41, 5.74) is -0.999. The van der Waals surface area contributed by atoms with Crippen molar-refractivity contribution in [2.45, 2.75) is 90.2 Å². The Balaban J connectivity index is 0.000000224. The molecule has 0 unspecified atom stereocenters. The summed E-state index contributed by atoms with van der Waals surface area (Å²) < 4.78 is 45.2. The number of likely N-dealkylation sites (tertiary alicyclic amines) is 1. The zero-order chi connectivity index (χ0) is 41.3. The number of nitrogens with one attached hydrogen (secondary N) is 3. The average molecular weight is 828 g/mol. The van der Waals surface area contributed by atoms with Crippen molar-refractivity contribution in [2.75, 3.05) is 23.7 Å². The molecule has 4 aromatic rings. The zero-order valence-corrected chi connectivity index (χ0v) is 33.8. The summed E-state index contributed by atoms with van der Waals surface area (Å²) in [5.74, 6) is -1.49. The van der Waals surface area contributed by atoms with Crippen LogP contribution in [0.25, 0.3) is 0 Å². The number of hydrogen-bond acceptors (Lipinski definition) is 9. The zero-order valence-electron chi connectivity index (χ0n) is 32.3. The number of amides is 3. The first kappa shape index (κ1) is 43.1. The van der Waals surface area contributed by atoms with Gasteiger partial charge < -0.3 is 35.1 Å². The number of aromatic nitrogens is 2. The molecule has 4 atom stereocenters. The highest BCUT2D eigenvalue weighted by Crippen LogP contribution is 2.26. The number of carbonyl (C=O) groups excluding carboxylic acids is 3. The Morgan fingerprint density at radius 1 is 0.754 bits per heavy atom. The molecule has 2 fully saturated rings. The van der Waals surface area contributed by atoms with Crippen molar-refractivity contribution in [1.82, 2.24) is 20.2 Å². The summed E-state index contributed by atoms with van der Waals surface area (Å²) in [5, 5.41) is 8.53. The molecular formula is C41H46Cl2F2N6O6. The van der Waals surface area contributed by atoms with Gasteiger partial charge in [-0.15, -0.1) is 0 Å². The molecule has 0 spiro atoms. The highest BCUT2D eigenvalue weighted by molar-refractivity contribution is 6.35. The Hall–Kier alpha value is -5.05. The van der Waals surface area contributed by atoms with Crippen LogP contribution in [0.3, 0.4) is 0 Å². The fourth-order valence-corrected chi connectivity index (χ4v) is 6.75. The molecule has 2 aliphatic heterocycles. The van der Waals surface area contributed by atoms with Gasteiger partial charge in [0.25, 0.3) is 11.8 Å². The van der Waals surface area contributed by atoms with Crippen LogP contribution in [0.1, 0.15) is 81.0 Å². The molecule has 0 radical (unpaired) electrons. The number of halogens is 4. The number of benzene rings is 2. The highest BCUT2D eigenvalue weighted by Gasteiger charge is 2.33. The van der Waals surface area contributed by atoms with Crippen LogP contribution in [0.2, 0.25) is 10.0 Å². The maximum atomic E-state index is 14.0. The van der Waals surface area contributed by atoms with Crippen LogP contribution in [0.5, 0.6) is 11.8 Å². The predicted molar refractivity (Wildman–Crippen MR) is 214 cm³/mol. The Bertz CT molecular complexity index is 2010. The molecule has 3 amide bonds. The minimum Gasteiger partial charge on any atom is -0.474 e. The smallest absolute Gasteiger partial charge is 0.410 e. The second-order valence-electron chi connectivity index (χ2n) is 14.7. The van der Waals surface area contributed by atoms with Gasteiger partial charge in [0.05, 0.1) is 21.2 Å². The Kier molecular flexibility index (Phi) is 14.7. The first-order valence-corrected chi connectivity index (χ1v) is 19.3. The van der Waals surface area contributed by atoms with Crippen molar-refractivity contribution in [3.63, 3.8) is 0 Å². The van der Waals surface area contributed by atoms with Crippen molar-refractivity contribution in [2.24, 2.45) is 0 Å². The largest absolute Gasteiger partial charge is 0.474 e. The van der Waals surface area contributed by atoms with Gasteiger partial charge in [-0.25, -0.2) is 13.6 Å². The van der Waals surface area contributed by atoms with E-state index >= 15 is 0 Å². The lowest BCUT2D eigenvalue weighted by Crippen LogP contribution is -2.49. The third-order valence-electron chi connectivity index (χ3n) is 8.92. The van der Waals surface area contributed by atoms with E-state index in [1.165, 1.54) is 36.4 Å².